The third kappa shape index (κ3) is 6.13. The fourth-order valence-electron chi connectivity index (χ4n) is 2.95. The largest absolute Gasteiger partial charge is 0.157 e. The molecule has 0 aliphatic rings. The predicted molar refractivity (Wildman–Crippen MR) is 88.3 cm³/mol. The lowest BCUT2D eigenvalue weighted by Gasteiger charge is -2.39. The maximum Gasteiger partial charge on any atom is 0.0342 e. The Balaban J connectivity index is 5.10. The zero-order valence-electron chi connectivity index (χ0n) is 13.6. The van der Waals surface area contributed by atoms with Crippen LogP contribution in [0.3, 0.4) is 0 Å². The molecule has 0 aromatic heterocycles. The van der Waals surface area contributed by atoms with E-state index in [2.05, 4.69) is 72.9 Å². The highest BCUT2D eigenvalue weighted by molar-refractivity contribution is 7.99. The van der Waals surface area contributed by atoms with E-state index in [1.807, 2.05) is 11.8 Å². The van der Waals surface area contributed by atoms with Gasteiger partial charge in [-0.15, -0.1) is 0 Å². The summed E-state index contributed by atoms with van der Waals surface area (Å²) in [6, 6.07) is 0. The van der Waals surface area contributed by atoms with Crippen LogP contribution in [0.15, 0.2) is 23.8 Å². The van der Waals surface area contributed by atoms with Gasteiger partial charge in [0.25, 0.3) is 0 Å². The van der Waals surface area contributed by atoms with Crippen molar-refractivity contribution in [2.24, 2.45) is 10.8 Å². The second kappa shape index (κ2) is 7.43. The number of hydrogen-bond donors (Lipinski definition) is 0. The first kappa shape index (κ1) is 17.8. The van der Waals surface area contributed by atoms with Gasteiger partial charge in [-0.1, -0.05) is 59.8 Å². The van der Waals surface area contributed by atoms with E-state index in [4.69, 9.17) is 0 Å². The molecule has 0 heterocycles. The molecule has 1 unspecified atom stereocenters. The lowest BCUT2D eigenvalue weighted by molar-refractivity contribution is 0.218. The molecule has 106 valence electrons. The van der Waals surface area contributed by atoms with Crippen molar-refractivity contribution in [2.45, 2.75) is 66.6 Å². The molecular weight excluding hydrogens is 236 g/mol. The van der Waals surface area contributed by atoms with Gasteiger partial charge in [0.15, 0.2) is 0 Å². The first-order valence-corrected chi connectivity index (χ1v) is 8.32. The lowest BCUT2D eigenvalue weighted by Crippen LogP contribution is -2.32. The summed E-state index contributed by atoms with van der Waals surface area (Å²) in [7, 11) is 0. The quantitative estimate of drug-likeness (QED) is 0.525. The predicted octanol–water partition coefficient (Wildman–Crippen LogP) is 6.09. The summed E-state index contributed by atoms with van der Waals surface area (Å²) < 4.78 is 0. The second-order valence-corrected chi connectivity index (χ2v) is 7.88. The third-order valence-corrected chi connectivity index (χ3v) is 4.50. The molecule has 0 rings (SSSR count). The number of hydrogen-bond acceptors (Lipinski definition) is 1. The van der Waals surface area contributed by atoms with Gasteiger partial charge in [0.1, 0.15) is 0 Å². The van der Waals surface area contributed by atoms with E-state index in [0.29, 0.717) is 16.1 Å². The van der Waals surface area contributed by atoms with Crippen molar-refractivity contribution < 1.29 is 0 Å². The lowest BCUT2D eigenvalue weighted by atomic mass is 9.72. The molecule has 0 saturated carbocycles. The molecule has 0 radical (unpaired) electrons. The molecular formula is C17H32S. The molecule has 0 saturated heterocycles. The van der Waals surface area contributed by atoms with Crippen LogP contribution >= 0.6 is 11.8 Å². The third-order valence-electron chi connectivity index (χ3n) is 3.11. The molecule has 0 nitrogen and oxygen atoms in total. The Kier molecular flexibility index (Phi) is 7.36. The fraction of sp³-hybridized carbons (Fsp3) is 0.765. The standard InChI is InChI=1S/C17H32S/c1-9-11-12-14(10-2)15(18-8)17(6,7)13-16(3,4)5/h10-12,15H,9,13H2,1-8H3/b12-11-,14-10+. The monoisotopic (exact) mass is 268 g/mol. The average Bonchev–Trinajstić information content (AvgIpc) is 2.20. The van der Waals surface area contributed by atoms with Crippen LogP contribution in [0.5, 0.6) is 0 Å². The van der Waals surface area contributed by atoms with E-state index >= 15 is 0 Å². The highest BCUT2D eigenvalue weighted by Gasteiger charge is 2.34. The summed E-state index contributed by atoms with van der Waals surface area (Å²) in [5.41, 5.74) is 2.17. The van der Waals surface area contributed by atoms with Gasteiger partial charge < -0.3 is 0 Å². The Morgan fingerprint density at radius 3 is 2.06 bits per heavy atom. The highest BCUT2D eigenvalue weighted by Crippen LogP contribution is 2.43. The maximum atomic E-state index is 2.41. The molecule has 1 heteroatoms. The van der Waals surface area contributed by atoms with Crippen LogP contribution < -0.4 is 0 Å². The molecule has 0 aromatic carbocycles. The van der Waals surface area contributed by atoms with Gasteiger partial charge in [-0.05, 0) is 42.4 Å². The van der Waals surface area contributed by atoms with Gasteiger partial charge in [-0.3, -0.25) is 0 Å². The Hall–Kier alpha value is -0.170. The van der Waals surface area contributed by atoms with Crippen molar-refractivity contribution >= 4 is 11.8 Å². The van der Waals surface area contributed by atoms with Gasteiger partial charge in [-0.25, -0.2) is 0 Å². The number of thioether (sulfide) groups is 1. The van der Waals surface area contributed by atoms with Crippen LogP contribution in [-0.4, -0.2) is 11.5 Å². The van der Waals surface area contributed by atoms with Crippen LogP contribution in [0.4, 0.5) is 0 Å². The molecule has 0 N–H and O–H groups in total. The molecule has 0 bridgehead atoms. The SMILES string of the molecule is C/C=C(\C=C/CC)C(SC)C(C)(C)CC(C)(C)C. The van der Waals surface area contributed by atoms with Gasteiger partial charge in [0.05, 0.1) is 0 Å². The van der Waals surface area contributed by atoms with Crippen LogP contribution in [0.1, 0.15) is 61.3 Å². The molecule has 0 spiro atoms. The molecule has 0 amide bonds. The summed E-state index contributed by atoms with van der Waals surface area (Å²) in [6.45, 7) is 16.2. The topological polar surface area (TPSA) is 0 Å². The zero-order valence-corrected chi connectivity index (χ0v) is 14.4. The van der Waals surface area contributed by atoms with E-state index in [9.17, 15) is 0 Å². The van der Waals surface area contributed by atoms with E-state index in [1.54, 1.807) is 0 Å². The number of allylic oxidation sites excluding steroid dienone is 3. The molecule has 0 aromatic rings. The minimum absolute atomic E-state index is 0.317. The molecule has 0 aliphatic carbocycles. The van der Waals surface area contributed by atoms with Crippen molar-refractivity contribution in [1.29, 1.82) is 0 Å². The van der Waals surface area contributed by atoms with E-state index in [0.717, 1.165) is 6.42 Å². The summed E-state index contributed by atoms with van der Waals surface area (Å²) in [5, 5.41) is 0.574. The molecule has 0 fully saturated rings. The van der Waals surface area contributed by atoms with E-state index < -0.39 is 0 Å². The van der Waals surface area contributed by atoms with Gasteiger partial charge >= 0.3 is 0 Å². The van der Waals surface area contributed by atoms with E-state index in [-0.39, 0.29) is 0 Å². The molecule has 0 aliphatic heterocycles. The van der Waals surface area contributed by atoms with Gasteiger partial charge in [0.2, 0.25) is 0 Å². The van der Waals surface area contributed by atoms with Crippen molar-refractivity contribution in [1.82, 2.24) is 0 Å². The molecule has 1 atom stereocenters. The van der Waals surface area contributed by atoms with Crippen molar-refractivity contribution in [3.05, 3.63) is 23.8 Å². The van der Waals surface area contributed by atoms with Crippen molar-refractivity contribution in [2.75, 3.05) is 6.26 Å². The smallest absolute Gasteiger partial charge is 0.0342 e. The normalized spacial score (nSPS) is 16.3. The van der Waals surface area contributed by atoms with E-state index in [1.165, 1.54) is 12.0 Å². The Labute approximate surface area is 119 Å². The first-order valence-electron chi connectivity index (χ1n) is 7.03. The Bertz CT molecular complexity index is 289. The Morgan fingerprint density at radius 2 is 1.72 bits per heavy atom. The number of rotatable bonds is 6. The van der Waals surface area contributed by atoms with Crippen LogP contribution in [0.25, 0.3) is 0 Å². The summed E-state index contributed by atoms with van der Waals surface area (Å²) >= 11 is 1.98. The minimum atomic E-state index is 0.317. The fourth-order valence-corrected chi connectivity index (χ4v) is 4.16. The van der Waals surface area contributed by atoms with Crippen LogP contribution in [0, 0.1) is 10.8 Å². The molecule has 18 heavy (non-hydrogen) atoms. The van der Waals surface area contributed by atoms with Crippen molar-refractivity contribution in [3.63, 3.8) is 0 Å². The minimum Gasteiger partial charge on any atom is -0.157 e. The van der Waals surface area contributed by atoms with Crippen LogP contribution in [0.2, 0.25) is 0 Å². The summed E-state index contributed by atoms with van der Waals surface area (Å²) in [4.78, 5) is 0. The second-order valence-electron chi connectivity index (χ2n) is 6.94. The first-order chi connectivity index (χ1) is 8.18. The summed E-state index contributed by atoms with van der Waals surface area (Å²) in [6.07, 6.45) is 11.4. The highest BCUT2D eigenvalue weighted by atomic mass is 32.2. The van der Waals surface area contributed by atoms with Gasteiger partial charge in [0, 0.05) is 5.25 Å². The maximum absolute atomic E-state index is 2.41. The average molecular weight is 269 g/mol. The summed E-state index contributed by atoms with van der Waals surface area (Å²) in [5.74, 6) is 0. The van der Waals surface area contributed by atoms with Crippen molar-refractivity contribution in [3.8, 4) is 0 Å². The van der Waals surface area contributed by atoms with Gasteiger partial charge in [-0.2, -0.15) is 11.8 Å². The van der Waals surface area contributed by atoms with Crippen LogP contribution in [-0.2, 0) is 0 Å². The zero-order chi connectivity index (χ0) is 14.4. The Morgan fingerprint density at radius 1 is 1.17 bits per heavy atom.